The molecule has 0 radical (unpaired) electrons. The molecule has 3 nitrogen and oxygen atoms in total. The Kier molecular flexibility index (Phi) is 3.48. The number of anilines is 1. The summed E-state index contributed by atoms with van der Waals surface area (Å²) in [5.74, 6) is 0.386. The number of nitrogen functional groups attached to an aromatic ring is 1. The summed E-state index contributed by atoms with van der Waals surface area (Å²) in [5.41, 5.74) is 8.91. The molecule has 0 saturated heterocycles. The molecule has 4 heteroatoms. The van der Waals surface area contributed by atoms with Crippen molar-refractivity contribution in [2.45, 2.75) is 27.2 Å². The SMILES string of the molecule is CC(C)(C)Cc1noc(N)c1-c1ccc(Br)cc1. The van der Waals surface area contributed by atoms with Crippen LogP contribution in [0.4, 0.5) is 5.88 Å². The van der Waals surface area contributed by atoms with E-state index >= 15 is 0 Å². The van der Waals surface area contributed by atoms with Crippen LogP contribution in [0, 0.1) is 5.41 Å². The molecule has 2 aromatic rings. The van der Waals surface area contributed by atoms with Crippen LogP contribution in [0.1, 0.15) is 26.5 Å². The molecule has 0 amide bonds. The van der Waals surface area contributed by atoms with Crippen LogP contribution < -0.4 is 5.73 Å². The molecule has 0 bridgehead atoms. The van der Waals surface area contributed by atoms with Gasteiger partial charge in [-0.1, -0.05) is 54.0 Å². The fourth-order valence-electron chi connectivity index (χ4n) is 1.89. The molecule has 0 fully saturated rings. The standard InChI is InChI=1S/C14H17BrN2O/c1-14(2,3)8-11-12(13(16)18-17-11)9-4-6-10(15)7-5-9/h4-7H,8,16H2,1-3H3. The van der Waals surface area contributed by atoms with Crippen LogP contribution in [0.25, 0.3) is 11.1 Å². The van der Waals surface area contributed by atoms with Gasteiger partial charge in [0.15, 0.2) is 0 Å². The Hall–Kier alpha value is -1.29. The second-order valence-corrected chi connectivity index (χ2v) is 6.53. The van der Waals surface area contributed by atoms with Gasteiger partial charge >= 0.3 is 0 Å². The van der Waals surface area contributed by atoms with Gasteiger partial charge in [-0.05, 0) is 29.5 Å². The summed E-state index contributed by atoms with van der Waals surface area (Å²) in [6, 6.07) is 8.00. The van der Waals surface area contributed by atoms with Gasteiger partial charge in [-0.15, -0.1) is 0 Å². The number of halogens is 1. The van der Waals surface area contributed by atoms with Crippen LogP contribution in [0.3, 0.4) is 0 Å². The Morgan fingerprint density at radius 3 is 2.39 bits per heavy atom. The van der Waals surface area contributed by atoms with E-state index < -0.39 is 0 Å². The molecule has 2 N–H and O–H groups in total. The lowest BCUT2D eigenvalue weighted by Gasteiger charge is -2.16. The highest BCUT2D eigenvalue weighted by Gasteiger charge is 2.21. The van der Waals surface area contributed by atoms with Crippen LogP contribution in [-0.4, -0.2) is 5.16 Å². The first-order valence-corrected chi connectivity index (χ1v) is 6.66. The van der Waals surface area contributed by atoms with E-state index in [-0.39, 0.29) is 5.41 Å². The highest BCUT2D eigenvalue weighted by atomic mass is 79.9. The second kappa shape index (κ2) is 4.76. The Labute approximate surface area is 115 Å². The molecular weight excluding hydrogens is 292 g/mol. The van der Waals surface area contributed by atoms with Crippen molar-refractivity contribution >= 4 is 21.8 Å². The van der Waals surface area contributed by atoms with Gasteiger partial charge < -0.3 is 10.3 Å². The molecule has 1 heterocycles. The normalized spacial score (nSPS) is 11.8. The zero-order chi connectivity index (χ0) is 13.3. The number of aromatic nitrogens is 1. The molecular formula is C14H17BrN2O. The molecule has 0 saturated carbocycles. The second-order valence-electron chi connectivity index (χ2n) is 5.61. The molecule has 96 valence electrons. The maximum Gasteiger partial charge on any atom is 0.230 e. The molecule has 18 heavy (non-hydrogen) atoms. The van der Waals surface area contributed by atoms with Crippen LogP contribution >= 0.6 is 15.9 Å². The van der Waals surface area contributed by atoms with Gasteiger partial charge in [0.2, 0.25) is 5.88 Å². The van der Waals surface area contributed by atoms with Gasteiger partial charge in [-0.3, -0.25) is 0 Å². The van der Waals surface area contributed by atoms with Crippen molar-refractivity contribution < 1.29 is 4.52 Å². The van der Waals surface area contributed by atoms with E-state index in [1.165, 1.54) is 0 Å². The summed E-state index contributed by atoms with van der Waals surface area (Å²) < 4.78 is 6.18. The Morgan fingerprint density at radius 2 is 1.83 bits per heavy atom. The molecule has 0 unspecified atom stereocenters. The number of hydrogen-bond donors (Lipinski definition) is 1. The third-order valence-corrected chi connectivity index (χ3v) is 3.15. The van der Waals surface area contributed by atoms with Gasteiger partial charge in [0, 0.05) is 4.47 Å². The quantitative estimate of drug-likeness (QED) is 0.901. The van der Waals surface area contributed by atoms with Crippen LogP contribution in [0.2, 0.25) is 0 Å². The lowest BCUT2D eigenvalue weighted by Crippen LogP contribution is -2.10. The Balaban J connectivity index is 2.43. The predicted molar refractivity (Wildman–Crippen MR) is 77.2 cm³/mol. The first-order valence-electron chi connectivity index (χ1n) is 5.87. The fourth-order valence-corrected chi connectivity index (χ4v) is 2.15. The molecule has 0 aliphatic rings. The lowest BCUT2D eigenvalue weighted by atomic mass is 9.88. The third-order valence-electron chi connectivity index (χ3n) is 2.62. The lowest BCUT2D eigenvalue weighted by molar-refractivity contribution is 0.377. The maximum absolute atomic E-state index is 5.89. The van der Waals surface area contributed by atoms with Crippen LogP contribution in [0.5, 0.6) is 0 Å². The van der Waals surface area contributed by atoms with Crippen molar-refractivity contribution in [3.8, 4) is 11.1 Å². The molecule has 0 atom stereocenters. The molecule has 1 aromatic carbocycles. The molecule has 1 aromatic heterocycles. The predicted octanol–water partition coefficient (Wildman–Crippen LogP) is 4.27. The summed E-state index contributed by atoms with van der Waals surface area (Å²) >= 11 is 3.42. The van der Waals surface area contributed by atoms with E-state index in [9.17, 15) is 0 Å². The van der Waals surface area contributed by atoms with Gasteiger partial charge in [-0.25, -0.2) is 0 Å². The smallest absolute Gasteiger partial charge is 0.230 e. The van der Waals surface area contributed by atoms with Crippen molar-refractivity contribution in [1.29, 1.82) is 0 Å². The van der Waals surface area contributed by atoms with Gasteiger partial charge in [0.25, 0.3) is 0 Å². The molecule has 2 rings (SSSR count). The minimum absolute atomic E-state index is 0.146. The average Bonchev–Trinajstić information content (AvgIpc) is 2.59. The van der Waals surface area contributed by atoms with E-state index in [0.717, 1.165) is 27.7 Å². The highest BCUT2D eigenvalue weighted by molar-refractivity contribution is 9.10. The van der Waals surface area contributed by atoms with E-state index in [1.54, 1.807) is 0 Å². The number of nitrogens with zero attached hydrogens (tertiary/aromatic N) is 1. The summed E-state index contributed by atoms with van der Waals surface area (Å²) in [4.78, 5) is 0. The van der Waals surface area contributed by atoms with Crippen molar-refractivity contribution in [3.63, 3.8) is 0 Å². The van der Waals surface area contributed by atoms with E-state index in [0.29, 0.717) is 5.88 Å². The third kappa shape index (κ3) is 2.93. The van der Waals surface area contributed by atoms with E-state index in [1.807, 2.05) is 24.3 Å². The van der Waals surface area contributed by atoms with Gasteiger partial charge in [0.05, 0.1) is 11.3 Å². The largest absolute Gasteiger partial charge is 0.367 e. The number of rotatable bonds is 2. The van der Waals surface area contributed by atoms with E-state index in [2.05, 4.69) is 41.9 Å². The van der Waals surface area contributed by atoms with Crippen molar-refractivity contribution in [2.24, 2.45) is 5.41 Å². The first-order chi connectivity index (χ1) is 8.37. The molecule has 0 aliphatic carbocycles. The summed E-state index contributed by atoms with van der Waals surface area (Å²) in [6.45, 7) is 6.51. The van der Waals surface area contributed by atoms with Gasteiger partial charge in [-0.2, -0.15) is 0 Å². The van der Waals surface area contributed by atoms with Gasteiger partial charge in [0.1, 0.15) is 0 Å². The minimum atomic E-state index is 0.146. The van der Waals surface area contributed by atoms with Crippen LogP contribution in [-0.2, 0) is 6.42 Å². The zero-order valence-corrected chi connectivity index (χ0v) is 12.4. The van der Waals surface area contributed by atoms with E-state index in [4.69, 9.17) is 10.3 Å². The summed E-state index contributed by atoms with van der Waals surface area (Å²) in [6.07, 6.45) is 0.832. The highest BCUT2D eigenvalue weighted by Crippen LogP contribution is 2.33. The van der Waals surface area contributed by atoms with Crippen molar-refractivity contribution in [1.82, 2.24) is 5.16 Å². The van der Waals surface area contributed by atoms with Crippen LogP contribution in [0.15, 0.2) is 33.3 Å². The average molecular weight is 309 g/mol. The summed E-state index contributed by atoms with van der Waals surface area (Å²) in [7, 11) is 0. The fraction of sp³-hybridized carbons (Fsp3) is 0.357. The number of nitrogens with two attached hydrogens (primary N) is 1. The zero-order valence-electron chi connectivity index (χ0n) is 10.8. The maximum atomic E-state index is 5.89. The van der Waals surface area contributed by atoms with Crippen molar-refractivity contribution in [2.75, 3.05) is 5.73 Å². The minimum Gasteiger partial charge on any atom is -0.367 e. The topological polar surface area (TPSA) is 52.0 Å². The molecule has 0 aliphatic heterocycles. The first kappa shape index (κ1) is 13.1. The summed E-state index contributed by atoms with van der Waals surface area (Å²) in [5, 5.41) is 4.09. The Bertz CT molecular complexity index is 538. The van der Waals surface area contributed by atoms with Crippen molar-refractivity contribution in [3.05, 3.63) is 34.4 Å². The number of hydrogen-bond acceptors (Lipinski definition) is 3. The Morgan fingerprint density at radius 1 is 1.22 bits per heavy atom. The number of benzene rings is 1. The molecule has 0 spiro atoms. The monoisotopic (exact) mass is 308 g/mol.